The van der Waals surface area contributed by atoms with Crippen LogP contribution in [0, 0.1) is 6.92 Å². The zero-order valence-electron chi connectivity index (χ0n) is 27.2. The quantitative estimate of drug-likeness (QED) is 0.0820. The van der Waals surface area contributed by atoms with Crippen molar-refractivity contribution in [1.82, 2.24) is 10.3 Å². The standard InChI is InChI=1S/C41H36N4O3S/c1-3-28-18-12-13-27(2)37(28)45-41(48)38(29-14-6-4-7-15-29)49-33-23-21-32(22-24-33)43-40(47)36(44-39(46)30-16-8-5-9-17-30)25-31-26-42-35-20-11-10-19-34(31)35/h4-26,38,42H,3H2,1-2H3,(H,43,47)(H,44,46)(H,45,48)/b36-25-. The molecule has 0 saturated carbocycles. The highest BCUT2D eigenvalue weighted by atomic mass is 32.2. The SMILES string of the molecule is CCc1cccc(C)c1NC(=O)C(Sc1ccc(NC(=O)/C(=C/c2c[nH]c3ccccc23)NC(=O)c2ccccc2)cc1)c1ccccc1. The molecule has 8 heteroatoms. The summed E-state index contributed by atoms with van der Waals surface area (Å²) < 4.78 is 0. The van der Waals surface area contributed by atoms with Gasteiger partial charge in [-0.1, -0.05) is 91.9 Å². The van der Waals surface area contributed by atoms with Gasteiger partial charge in [0.1, 0.15) is 10.9 Å². The number of anilines is 2. The summed E-state index contributed by atoms with van der Waals surface area (Å²) in [6.07, 6.45) is 4.28. The van der Waals surface area contributed by atoms with E-state index >= 15 is 0 Å². The van der Waals surface area contributed by atoms with Crippen molar-refractivity contribution >= 4 is 57.8 Å². The first-order chi connectivity index (χ1) is 23.9. The second-order valence-corrected chi connectivity index (χ2v) is 12.7. The fourth-order valence-electron chi connectivity index (χ4n) is 5.55. The van der Waals surface area contributed by atoms with E-state index in [9.17, 15) is 14.4 Å². The van der Waals surface area contributed by atoms with Gasteiger partial charge in [-0.2, -0.15) is 0 Å². The molecule has 244 valence electrons. The maximum Gasteiger partial charge on any atom is 0.272 e. The number of thioether (sulfide) groups is 1. The third kappa shape index (κ3) is 8.00. The number of amides is 3. The van der Waals surface area contributed by atoms with Gasteiger partial charge >= 0.3 is 0 Å². The van der Waals surface area contributed by atoms with E-state index in [2.05, 4.69) is 27.9 Å². The van der Waals surface area contributed by atoms with Gasteiger partial charge in [0.05, 0.1) is 0 Å². The number of carbonyl (C=O) groups is 3. The van der Waals surface area contributed by atoms with Gasteiger partial charge < -0.3 is 20.9 Å². The zero-order valence-corrected chi connectivity index (χ0v) is 28.0. The molecule has 1 heterocycles. The van der Waals surface area contributed by atoms with Gasteiger partial charge in [-0.05, 0) is 78.6 Å². The Balaban J connectivity index is 1.22. The van der Waals surface area contributed by atoms with Crippen LogP contribution in [0.25, 0.3) is 17.0 Å². The first-order valence-electron chi connectivity index (χ1n) is 16.1. The number of fused-ring (bicyclic) bond motifs is 1. The molecule has 0 saturated heterocycles. The monoisotopic (exact) mass is 664 g/mol. The summed E-state index contributed by atoms with van der Waals surface area (Å²) in [5.74, 6) is -0.976. The van der Waals surface area contributed by atoms with Gasteiger partial charge in [0.25, 0.3) is 11.8 Å². The Hall–Kier alpha value is -5.86. The second kappa shape index (κ2) is 15.4. The number of rotatable bonds is 11. The summed E-state index contributed by atoms with van der Waals surface area (Å²) in [7, 11) is 0. The van der Waals surface area contributed by atoms with Gasteiger partial charge in [-0.15, -0.1) is 11.8 Å². The first kappa shape index (κ1) is 33.1. The molecule has 6 rings (SSSR count). The fourth-order valence-corrected chi connectivity index (χ4v) is 6.58. The van der Waals surface area contributed by atoms with Crippen molar-refractivity contribution in [2.45, 2.75) is 30.4 Å². The van der Waals surface area contributed by atoms with E-state index in [-0.39, 0.29) is 11.6 Å². The number of hydrogen-bond donors (Lipinski definition) is 4. The Kier molecular flexibility index (Phi) is 10.4. The molecule has 0 aliphatic rings. The molecule has 6 aromatic rings. The minimum Gasteiger partial charge on any atom is -0.361 e. The van der Waals surface area contributed by atoms with Crippen molar-refractivity contribution in [1.29, 1.82) is 0 Å². The number of aromatic amines is 1. The molecule has 0 bridgehead atoms. The molecule has 0 aliphatic carbocycles. The van der Waals surface area contributed by atoms with E-state index < -0.39 is 17.1 Å². The highest BCUT2D eigenvalue weighted by molar-refractivity contribution is 8.00. The number of nitrogens with one attached hydrogen (secondary N) is 4. The Labute approximate surface area is 289 Å². The van der Waals surface area contributed by atoms with Crippen LogP contribution in [0.3, 0.4) is 0 Å². The zero-order chi connectivity index (χ0) is 34.2. The molecule has 0 radical (unpaired) electrons. The fraction of sp³-hybridized carbons (Fsp3) is 0.0976. The number of carbonyl (C=O) groups excluding carboxylic acids is 3. The Morgan fingerprint density at radius 3 is 2.20 bits per heavy atom. The van der Waals surface area contributed by atoms with Crippen molar-refractivity contribution in [2.75, 3.05) is 10.6 Å². The summed E-state index contributed by atoms with van der Waals surface area (Å²) in [6.45, 7) is 4.08. The van der Waals surface area contributed by atoms with E-state index in [1.165, 1.54) is 11.8 Å². The third-order valence-corrected chi connectivity index (χ3v) is 9.41. The summed E-state index contributed by atoms with van der Waals surface area (Å²) in [5.41, 5.74) is 6.60. The van der Waals surface area contributed by atoms with Gasteiger partial charge in [0, 0.05) is 44.5 Å². The average Bonchev–Trinajstić information content (AvgIpc) is 3.55. The van der Waals surface area contributed by atoms with Gasteiger partial charge in [0.2, 0.25) is 5.91 Å². The average molecular weight is 665 g/mol. The molecule has 1 unspecified atom stereocenters. The van der Waals surface area contributed by atoms with E-state index in [1.807, 2.05) is 97.9 Å². The molecular weight excluding hydrogens is 629 g/mol. The van der Waals surface area contributed by atoms with Crippen molar-refractivity contribution < 1.29 is 14.4 Å². The summed E-state index contributed by atoms with van der Waals surface area (Å²) in [6, 6.07) is 39.6. The molecule has 5 aromatic carbocycles. The van der Waals surface area contributed by atoms with Gasteiger partial charge in [-0.25, -0.2) is 0 Å². The summed E-state index contributed by atoms with van der Waals surface area (Å²) in [5, 5.41) is 9.34. The van der Waals surface area contributed by atoms with Crippen molar-refractivity contribution in [2.24, 2.45) is 0 Å². The lowest BCUT2D eigenvalue weighted by molar-refractivity contribution is -0.116. The molecule has 0 aliphatic heterocycles. The van der Waals surface area contributed by atoms with Crippen molar-refractivity contribution in [3.8, 4) is 0 Å². The predicted octanol–water partition coefficient (Wildman–Crippen LogP) is 8.92. The van der Waals surface area contributed by atoms with Crippen LogP contribution in [0.4, 0.5) is 11.4 Å². The first-order valence-corrected chi connectivity index (χ1v) is 16.9. The number of aryl methyl sites for hydroxylation is 2. The van der Waals surface area contributed by atoms with Crippen LogP contribution in [0.5, 0.6) is 0 Å². The number of aromatic nitrogens is 1. The van der Waals surface area contributed by atoms with Crippen molar-refractivity contribution in [3.05, 3.63) is 167 Å². The van der Waals surface area contributed by atoms with Crippen LogP contribution in [-0.2, 0) is 16.0 Å². The van der Waals surface area contributed by atoms with Gasteiger partial charge in [0.15, 0.2) is 0 Å². The number of H-pyrrole nitrogens is 1. The molecule has 0 fully saturated rings. The van der Waals surface area contributed by atoms with E-state index in [1.54, 1.807) is 48.7 Å². The molecule has 0 spiro atoms. The maximum atomic E-state index is 13.8. The lowest BCUT2D eigenvalue weighted by Gasteiger charge is -2.20. The van der Waals surface area contributed by atoms with E-state index in [4.69, 9.17) is 0 Å². The van der Waals surface area contributed by atoms with Gasteiger partial charge in [-0.3, -0.25) is 14.4 Å². The van der Waals surface area contributed by atoms with Crippen molar-refractivity contribution in [3.63, 3.8) is 0 Å². The topological polar surface area (TPSA) is 103 Å². The highest BCUT2D eigenvalue weighted by Gasteiger charge is 2.24. The third-order valence-electron chi connectivity index (χ3n) is 8.14. The predicted molar refractivity (Wildman–Crippen MR) is 199 cm³/mol. The minimum atomic E-state index is -0.509. The summed E-state index contributed by atoms with van der Waals surface area (Å²) >= 11 is 1.44. The van der Waals surface area contributed by atoms with Crippen LogP contribution in [-0.4, -0.2) is 22.7 Å². The molecule has 7 nitrogen and oxygen atoms in total. The molecular formula is C41H36N4O3S. The van der Waals surface area contributed by atoms with Crippen LogP contribution >= 0.6 is 11.8 Å². The lowest BCUT2D eigenvalue weighted by Crippen LogP contribution is -2.30. The number of benzene rings is 5. The molecule has 3 amide bonds. The van der Waals surface area contributed by atoms with E-state index in [0.29, 0.717) is 11.3 Å². The molecule has 1 atom stereocenters. The maximum absolute atomic E-state index is 13.8. The lowest BCUT2D eigenvalue weighted by atomic mass is 10.1. The Morgan fingerprint density at radius 1 is 0.776 bits per heavy atom. The second-order valence-electron chi connectivity index (χ2n) is 11.5. The largest absolute Gasteiger partial charge is 0.361 e. The Bertz CT molecular complexity index is 2120. The van der Waals surface area contributed by atoms with Crippen LogP contribution in [0.2, 0.25) is 0 Å². The summed E-state index contributed by atoms with van der Waals surface area (Å²) in [4.78, 5) is 44.7. The minimum absolute atomic E-state index is 0.0977. The smallest absolute Gasteiger partial charge is 0.272 e. The van der Waals surface area contributed by atoms with Crippen LogP contribution in [0.15, 0.2) is 144 Å². The van der Waals surface area contributed by atoms with Crippen LogP contribution < -0.4 is 16.0 Å². The van der Waals surface area contributed by atoms with E-state index in [0.717, 1.165) is 50.2 Å². The highest BCUT2D eigenvalue weighted by Crippen LogP contribution is 2.37. The Morgan fingerprint density at radius 2 is 1.47 bits per heavy atom. The number of para-hydroxylation sites is 2. The normalized spacial score (nSPS) is 11.9. The van der Waals surface area contributed by atoms with Crippen LogP contribution in [0.1, 0.15) is 44.8 Å². The molecule has 1 aromatic heterocycles. The molecule has 4 N–H and O–H groups in total. The molecule has 49 heavy (non-hydrogen) atoms. The number of hydrogen-bond acceptors (Lipinski definition) is 4.